The maximum atomic E-state index is 13.1. The first-order valence-electron chi connectivity index (χ1n) is 9.05. The van der Waals surface area contributed by atoms with Crippen LogP contribution < -0.4 is 4.90 Å². The Morgan fingerprint density at radius 1 is 0.963 bits per heavy atom. The van der Waals surface area contributed by atoms with Gasteiger partial charge in [0, 0.05) is 49.8 Å². The quantitative estimate of drug-likeness (QED) is 0.715. The molecular formula is C21H21FN4O. The molecule has 1 amide bonds. The number of anilines is 1. The lowest BCUT2D eigenvalue weighted by molar-refractivity contribution is 0.0747. The molecule has 0 spiro atoms. The van der Waals surface area contributed by atoms with Crippen molar-refractivity contribution in [2.45, 2.75) is 6.54 Å². The largest absolute Gasteiger partial charge is 0.368 e. The van der Waals surface area contributed by atoms with Crippen LogP contribution in [0.5, 0.6) is 0 Å². The van der Waals surface area contributed by atoms with Gasteiger partial charge in [-0.3, -0.25) is 9.48 Å². The van der Waals surface area contributed by atoms with E-state index in [4.69, 9.17) is 0 Å². The molecule has 4 rings (SSSR count). The van der Waals surface area contributed by atoms with Crippen LogP contribution in [0.15, 0.2) is 67.0 Å². The van der Waals surface area contributed by atoms with Crippen LogP contribution in [0.25, 0.3) is 0 Å². The molecule has 1 fully saturated rings. The van der Waals surface area contributed by atoms with E-state index in [0.29, 0.717) is 25.2 Å². The van der Waals surface area contributed by atoms with Gasteiger partial charge in [0.15, 0.2) is 0 Å². The van der Waals surface area contributed by atoms with E-state index < -0.39 is 0 Å². The topological polar surface area (TPSA) is 41.4 Å². The number of benzene rings is 2. The molecule has 5 nitrogen and oxygen atoms in total. The summed E-state index contributed by atoms with van der Waals surface area (Å²) in [7, 11) is 0. The lowest BCUT2D eigenvalue weighted by Crippen LogP contribution is -2.48. The van der Waals surface area contributed by atoms with Gasteiger partial charge >= 0.3 is 0 Å². The van der Waals surface area contributed by atoms with E-state index in [-0.39, 0.29) is 11.7 Å². The molecule has 0 bridgehead atoms. The SMILES string of the molecule is O=C(c1ccc(Cn2cccn2)cc1)N1CCN(c2ccc(F)cc2)CC1. The van der Waals surface area contributed by atoms with E-state index in [2.05, 4.69) is 10.00 Å². The Bertz CT molecular complexity index is 883. The van der Waals surface area contributed by atoms with E-state index >= 15 is 0 Å². The molecule has 2 heterocycles. The standard InChI is InChI=1S/C21H21FN4O/c22-19-6-8-20(9-7-19)24-12-14-25(15-13-24)21(27)18-4-2-17(3-5-18)16-26-11-1-10-23-26/h1-11H,12-16H2. The molecule has 0 aliphatic carbocycles. The summed E-state index contributed by atoms with van der Waals surface area (Å²) in [6.45, 7) is 3.50. The number of rotatable bonds is 4. The Hall–Kier alpha value is -3.15. The molecule has 27 heavy (non-hydrogen) atoms. The predicted molar refractivity (Wildman–Crippen MR) is 102 cm³/mol. The van der Waals surface area contributed by atoms with Crippen LogP contribution >= 0.6 is 0 Å². The summed E-state index contributed by atoms with van der Waals surface area (Å²) in [5.41, 5.74) is 2.80. The fourth-order valence-electron chi connectivity index (χ4n) is 3.34. The number of nitrogens with zero attached hydrogens (tertiary/aromatic N) is 4. The molecular weight excluding hydrogens is 343 g/mol. The Labute approximate surface area is 157 Å². The van der Waals surface area contributed by atoms with E-state index in [9.17, 15) is 9.18 Å². The molecule has 0 unspecified atom stereocenters. The number of hydrogen-bond donors (Lipinski definition) is 0. The van der Waals surface area contributed by atoms with Gasteiger partial charge in [-0.1, -0.05) is 12.1 Å². The van der Waals surface area contributed by atoms with Gasteiger partial charge in [-0.2, -0.15) is 5.10 Å². The molecule has 6 heteroatoms. The van der Waals surface area contributed by atoms with Crippen LogP contribution in [-0.4, -0.2) is 46.8 Å². The highest BCUT2D eigenvalue weighted by molar-refractivity contribution is 5.94. The molecule has 0 atom stereocenters. The minimum Gasteiger partial charge on any atom is -0.368 e. The molecule has 1 aliphatic rings. The summed E-state index contributed by atoms with van der Waals surface area (Å²) < 4.78 is 14.9. The number of halogens is 1. The Balaban J connectivity index is 1.35. The van der Waals surface area contributed by atoms with Crippen molar-refractivity contribution in [1.82, 2.24) is 14.7 Å². The van der Waals surface area contributed by atoms with Crippen molar-refractivity contribution >= 4 is 11.6 Å². The minimum atomic E-state index is -0.233. The van der Waals surface area contributed by atoms with Crippen LogP contribution in [0.1, 0.15) is 15.9 Å². The van der Waals surface area contributed by atoms with Gasteiger partial charge < -0.3 is 9.80 Å². The first-order valence-corrected chi connectivity index (χ1v) is 9.05. The fraction of sp³-hybridized carbons (Fsp3) is 0.238. The van der Waals surface area contributed by atoms with Gasteiger partial charge in [0.05, 0.1) is 6.54 Å². The zero-order valence-corrected chi connectivity index (χ0v) is 15.0. The van der Waals surface area contributed by atoms with Crippen LogP contribution in [-0.2, 0) is 6.54 Å². The molecule has 3 aromatic rings. The summed E-state index contributed by atoms with van der Waals surface area (Å²) in [4.78, 5) is 16.8. The number of amides is 1. The molecule has 0 saturated carbocycles. The highest BCUT2D eigenvalue weighted by Gasteiger charge is 2.22. The Morgan fingerprint density at radius 3 is 2.30 bits per heavy atom. The van der Waals surface area contributed by atoms with Gasteiger partial charge in [0.1, 0.15) is 5.82 Å². The van der Waals surface area contributed by atoms with E-state index in [0.717, 1.165) is 24.3 Å². The molecule has 0 radical (unpaired) electrons. The third kappa shape index (κ3) is 4.00. The smallest absolute Gasteiger partial charge is 0.253 e. The molecule has 138 valence electrons. The zero-order valence-electron chi connectivity index (χ0n) is 15.0. The average Bonchev–Trinajstić information content (AvgIpc) is 3.22. The van der Waals surface area contributed by atoms with E-state index in [1.807, 2.05) is 46.1 Å². The third-order valence-electron chi connectivity index (χ3n) is 4.86. The van der Waals surface area contributed by atoms with Gasteiger partial charge in [-0.15, -0.1) is 0 Å². The predicted octanol–water partition coefficient (Wildman–Crippen LogP) is 3.03. The van der Waals surface area contributed by atoms with Crippen molar-refractivity contribution in [2.75, 3.05) is 31.1 Å². The fourth-order valence-corrected chi connectivity index (χ4v) is 3.34. The Kier molecular flexibility index (Phi) is 4.87. The molecule has 0 N–H and O–H groups in total. The lowest BCUT2D eigenvalue weighted by atomic mass is 10.1. The molecule has 1 aliphatic heterocycles. The minimum absolute atomic E-state index is 0.0550. The molecule has 2 aromatic carbocycles. The monoisotopic (exact) mass is 364 g/mol. The van der Waals surface area contributed by atoms with Crippen molar-refractivity contribution < 1.29 is 9.18 Å². The summed E-state index contributed by atoms with van der Waals surface area (Å²) in [5, 5.41) is 4.20. The van der Waals surface area contributed by atoms with Crippen LogP contribution in [0, 0.1) is 5.82 Å². The zero-order chi connectivity index (χ0) is 18.6. The van der Waals surface area contributed by atoms with Crippen molar-refractivity contribution in [3.05, 3.63) is 83.9 Å². The van der Waals surface area contributed by atoms with Crippen LogP contribution in [0.3, 0.4) is 0 Å². The molecule has 1 aromatic heterocycles. The van der Waals surface area contributed by atoms with Crippen molar-refractivity contribution in [2.24, 2.45) is 0 Å². The first-order chi connectivity index (χ1) is 13.2. The second-order valence-electron chi connectivity index (χ2n) is 6.66. The second kappa shape index (κ2) is 7.61. The van der Waals surface area contributed by atoms with Gasteiger partial charge in [-0.05, 0) is 48.0 Å². The Morgan fingerprint density at radius 2 is 1.67 bits per heavy atom. The number of carbonyl (C=O) groups excluding carboxylic acids is 1. The number of carbonyl (C=O) groups is 1. The van der Waals surface area contributed by atoms with Crippen LogP contribution in [0.4, 0.5) is 10.1 Å². The summed E-state index contributed by atoms with van der Waals surface area (Å²) in [5.74, 6) is -0.178. The van der Waals surface area contributed by atoms with Crippen molar-refractivity contribution in [3.8, 4) is 0 Å². The highest BCUT2D eigenvalue weighted by atomic mass is 19.1. The maximum absolute atomic E-state index is 13.1. The lowest BCUT2D eigenvalue weighted by Gasteiger charge is -2.36. The van der Waals surface area contributed by atoms with E-state index in [1.54, 1.807) is 18.3 Å². The van der Waals surface area contributed by atoms with Crippen molar-refractivity contribution in [3.63, 3.8) is 0 Å². The summed E-state index contributed by atoms with van der Waals surface area (Å²) >= 11 is 0. The third-order valence-corrected chi connectivity index (χ3v) is 4.86. The summed E-state index contributed by atoms with van der Waals surface area (Å²) in [6.07, 6.45) is 3.67. The summed E-state index contributed by atoms with van der Waals surface area (Å²) in [6, 6.07) is 16.1. The van der Waals surface area contributed by atoms with E-state index in [1.165, 1.54) is 12.1 Å². The van der Waals surface area contributed by atoms with Crippen molar-refractivity contribution in [1.29, 1.82) is 0 Å². The number of aromatic nitrogens is 2. The number of hydrogen-bond acceptors (Lipinski definition) is 3. The molecule has 1 saturated heterocycles. The normalized spacial score (nSPS) is 14.4. The van der Waals surface area contributed by atoms with Gasteiger partial charge in [-0.25, -0.2) is 4.39 Å². The second-order valence-corrected chi connectivity index (χ2v) is 6.66. The maximum Gasteiger partial charge on any atom is 0.253 e. The van der Waals surface area contributed by atoms with Crippen LogP contribution in [0.2, 0.25) is 0 Å². The van der Waals surface area contributed by atoms with Gasteiger partial charge in [0.2, 0.25) is 0 Å². The number of piperazine rings is 1. The van der Waals surface area contributed by atoms with Gasteiger partial charge in [0.25, 0.3) is 5.91 Å². The first kappa shape index (κ1) is 17.3. The average molecular weight is 364 g/mol. The highest BCUT2D eigenvalue weighted by Crippen LogP contribution is 2.18.